The monoisotopic (exact) mass is 340 g/mol. The quantitative estimate of drug-likeness (QED) is 0.641. The minimum absolute atomic E-state index is 0. The summed E-state index contributed by atoms with van der Waals surface area (Å²) in [5.41, 5.74) is 3.02. The maximum absolute atomic E-state index is 5.84. The molecular weight excluding hydrogens is 324 g/mol. The largest absolute Gasteiger partial charge is 1.00 e. The number of hydrogen-bond donors (Lipinski definition) is 0. The molecule has 0 fully saturated rings. The van der Waals surface area contributed by atoms with Crippen molar-refractivity contribution in [2.75, 3.05) is 11.9 Å². The first-order valence-corrected chi connectivity index (χ1v) is 7.50. The Bertz CT molecular complexity index is 943. The van der Waals surface area contributed by atoms with Crippen molar-refractivity contribution >= 4 is 22.9 Å². The fourth-order valence-electron chi connectivity index (χ4n) is 2.75. The highest BCUT2D eigenvalue weighted by Crippen LogP contribution is 2.37. The van der Waals surface area contributed by atoms with Crippen LogP contribution in [0.5, 0.6) is 5.75 Å². The topological polar surface area (TPSA) is 29.5 Å². The first-order chi connectivity index (χ1) is 11.2. The van der Waals surface area contributed by atoms with Gasteiger partial charge in [0.1, 0.15) is 7.05 Å². The van der Waals surface area contributed by atoms with Gasteiger partial charge < -0.3 is 26.5 Å². The van der Waals surface area contributed by atoms with Gasteiger partial charge in [-0.15, -0.1) is 0 Å². The number of fused-ring (bicyclic) bond motifs is 2. The molecule has 3 aromatic rings. The molecule has 1 aliphatic rings. The van der Waals surface area contributed by atoms with Crippen molar-refractivity contribution in [3.05, 3.63) is 72.5 Å². The van der Waals surface area contributed by atoms with E-state index in [0.717, 1.165) is 34.3 Å². The summed E-state index contributed by atoms with van der Waals surface area (Å²) in [4.78, 5) is 2.03. The van der Waals surface area contributed by atoms with Crippen molar-refractivity contribution in [3.63, 3.8) is 0 Å². The van der Waals surface area contributed by atoms with Gasteiger partial charge in [0, 0.05) is 13.1 Å². The summed E-state index contributed by atoms with van der Waals surface area (Å²) in [6.07, 6.45) is 5.82. The van der Waals surface area contributed by atoms with E-state index in [4.69, 9.17) is 9.15 Å². The van der Waals surface area contributed by atoms with Crippen LogP contribution in [0.2, 0.25) is 0 Å². The van der Waals surface area contributed by atoms with Gasteiger partial charge in [-0.25, -0.2) is 0 Å². The van der Waals surface area contributed by atoms with Crippen molar-refractivity contribution in [2.45, 2.75) is 0 Å². The zero-order valence-corrected chi connectivity index (χ0v) is 14.2. The second-order valence-electron chi connectivity index (χ2n) is 5.46. The van der Waals surface area contributed by atoms with Crippen molar-refractivity contribution in [1.29, 1.82) is 0 Å². The van der Waals surface area contributed by atoms with E-state index < -0.39 is 0 Å². The number of nitrogens with zero attached hydrogens (tertiary/aromatic N) is 2. The molecule has 0 saturated carbocycles. The van der Waals surface area contributed by atoms with Crippen LogP contribution in [0.15, 0.2) is 71.0 Å². The third kappa shape index (κ3) is 2.65. The molecule has 0 saturated heterocycles. The standard InChI is InChI=1S/C19H17N2O2.ClH/c1-20-14-8-3-5-10-16(14)22-18(20)12-7-13-19-21(2)15-9-4-6-11-17(15)23-19;/h3-13H,1-2H3;1H/q+1;/p-1. The minimum Gasteiger partial charge on any atom is -1.00 e. The summed E-state index contributed by atoms with van der Waals surface area (Å²) < 4.78 is 13.7. The van der Waals surface area contributed by atoms with Gasteiger partial charge >= 0.3 is 5.89 Å². The molecule has 1 aromatic heterocycles. The summed E-state index contributed by atoms with van der Waals surface area (Å²) in [5.74, 6) is 2.46. The number of halogens is 1. The number of para-hydroxylation sites is 4. The van der Waals surface area contributed by atoms with E-state index in [2.05, 4.69) is 0 Å². The van der Waals surface area contributed by atoms with Crippen LogP contribution >= 0.6 is 0 Å². The van der Waals surface area contributed by atoms with Crippen LogP contribution < -0.4 is 26.6 Å². The molecule has 0 amide bonds. The van der Waals surface area contributed by atoms with Crippen LogP contribution in [0, 0.1) is 0 Å². The molecule has 0 N–H and O–H groups in total. The van der Waals surface area contributed by atoms with Gasteiger partial charge in [-0.3, -0.25) is 0 Å². The van der Waals surface area contributed by atoms with Crippen LogP contribution in [0.4, 0.5) is 5.69 Å². The third-order valence-electron chi connectivity index (χ3n) is 4.02. The van der Waals surface area contributed by atoms with Crippen LogP contribution in [0.1, 0.15) is 5.89 Å². The van der Waals surface area contributed by atoms with Gasteiger partial charge in [-0.1, -0.05) is 24.3 Å². The lowest BCUT2D eigenvalue weighted by atomic mass is 10.3. The molecule has 0 spiro atoms. The van der Waals surface area contributed by atoms with E-state index >= 15 is 0 Å². The van der Waals surface area contributed by atoms with Crippen molar-refractivity contribution in [2.24, 2.45) is 7.05 Å². The van der Waals surface area contributed by atoms with Gasteiger partial charge in [0.2, 0.25) is 5.58 Å². The summed E-state index contributed by atoms with van der Waals surface area (Å²) in [6.45, 7) is 0. The molecule has 0 unspecified atom stereocenters. The van der Waals surface area contributed by atoms with E-state index in [1.807, 2.05) is 90.3 Å². The fraction of sp³-hybridized carbons (Fsp3) is 0.105. The van der Waals surface area contributed by atoms with Gasteiger partial charge in [0.05, 0.1) is 11.8 Å². The summed E-state index contributed by atoms with van der Waals surface area (Å²) in [6, 6.07) is 16.0. The second kappa shape index (κ2) is 6.42. The molecule has 122 valence electrons. The first kappa shape index (κ1) is 16.1. The number of hydrogen-bond acceptors (Lipinski definition) is 3. The molecule has 0 atom stereocenters. The zero-order valence-electron chi connectivity index (χ0n) is 13.4. The van der Waals surface area contributed by atoms with Crippen molar-refractivity contribution in [3.8, 4) is 5.75 Å². The Morgan fingerprint density at radius 3 is 2.58 bits per heavy atom. The average molecular weight is 341 g/mol. The Balaban J connectivity index is 0.00000169. The van der Waals surface area contributed by atoms with E-state index in [1.165, 1.54) is 0 Å². The number of rotatable bonds is 2. The lowest BCUT2D eigenvalue weighted by molar-refractivity contribution is -0.652. The molecule has 1 aliphatic heterocycles. The van der Waals surface area contributed by atoms with Gasteiger partial charge in [-0.2, -0.15) is 4.57 Å². The highest BCUT2D eigenvalue weighted by molar-refractivity contribution is 5.69. The number of oxazole rings is 1. The third-order valence-corrected chi connectivity index (χ3v) is 4.02. The number of aromatic nitrogens is 1. The number of allylic oxidation sites excluding steroid dienone is 2. The Labute approximate surface area is 146 Å². The molecule has 5 heteroatoms. The smallest absolute Gasteiger partial charge is 0.373 e. The Morgan fingerprint density at radius 2 is 1.79 bits per heavy atom. The molecule has 0 bridgehead atoms. The summed E-state index contributed by atoms with van der Waals surface area (Å²) in [7, 11) is 3.99. The highest BCUT2D eigenvalue weighted by atomic mass is 35.5. The molecule has 4 nitrogen and oxygen atoms in total. The average Bonchev–Trinajstić information content (AvgIpc) is 3.07. The van der Waals surface area contributed by atoms with Crippen LogP contribution in [0.25, 0.3) is 17.2 Å². The van der Waals surface area contributed by atoms with E-state index in [9.17, 15) is 0 Å². The Kier molecular flexibility index (Phi) is 4.32. The van der Waals surface area contributed by atoms with Gasteiger partial charge in [-0.05, 0) is 30.4 Å². The maximum atomic E-state index is 5.84. The Hall–Kier alpha value is -2.72. The zero-order chi connectivity index (χ0) is 15.8. The molecular formula is C19H17ClN2O2. The molecule has 4 rings (SSSR count). The fourth-order valence-corrected chi connectivity index (χ4v) is 2.75. The van der Waals surface area contributed by atoms with Crippen molar-refractivity contribution < 1.29 is 26.1 Å². The summed E-state index contributed by atoms with van der Waals surface area (Å²) in [5, 5.41) is 0. The van der Waals surface area contributed by atoms with Crippen LogP contribution in [-0.2, 0) is 7.05 Å². The second-order valence-corrected chi connectivity index (χ2v) is 5.46. The number of benzene rings is 2. The number of aryl methyl sites for hydroxylation is 1. The Morgan fingerprint density at radius 1 is 1.04 bits per heavy atom. The van der Waals surface area contributed by atoms with Crippen LogP contribution in [0.3, 0.4) is 0 Å². The predicted octanol–water partition coefficient (Wildman–Crippen LogP) is 0.645. The minimum atomic E-state index is 0. The lowest BCUT2D eigenvalue weighted by Crippen LogP contribution is -3.00. The van der Waals surface area contributed by atoms with Crippen LogP contribution in [-0.4, -0.2) is 7.05 Å². The maximum Gasteiger partial charge on any atom is 0.373 e. The van der Waals surface area contributed by atoms with E-state index in [-0.39, 0.29) is 12.4 Å². The predicted molar refractivity (Wildman–Crippen MR) is 90.0 cm³/mol. The molecule has 2 heterocycles. The van der Waals surface area contributed by atoms with E-state index in [1.54, 1.807) is 0 Å². The van der Waals surface area contributed by atoms with Gasteiger partial charge in [0.25, 0.3) is 5.52 Å². The lowest BCUT2D eigenvalue weighted by Gasteiger charge is -2.09. The summed E-state index contributed by atoms with van der Waals surface area (Å²) >= 11 is 0. The molecule has 2 aromatic carbocycles. The first-order valence-electron chi connectivity index (χ1n) is 7.50. The number of ether oxygens (including phenoxy) is 1. The molecule has 0 aliphatic carbocycles. The van der Waals surface area contributed by atoms with Gasteiger partial charge in [0.15, 0.2) is 11.6 Å². The molecule has 24 heavy (non-hydrogen) atoms. The van der Waals surface area contributed by atoms with Crippen molar-refractivity contribution in [1.82, 2.24) is 0 Å². The van der Waals surface area contributed by atoms with E-state index in [0.29, 0.717) is 0 Å². The highest BCUT2D eigenvalue weighted by Gasteiger charge is 2.21. The normalized spacial score (nSPS) is 14.9. The SMILES string of the molecule is CN1/C(=C/C=C/c2oc3ccccc3[n+]2C)Oc2ccccc21.[Cl-]. The number of anilines is 1. The molecule has 0 radical (unpaired) electrons.